The van der Waals surface area contributed by atoms with E-state index in [2.05, 4.69) is 47.9 Å². The number of hydrogen-bond donors (Lipinski definition) is 15. The number of likely N-dealkylation sites (tertiary alicyclic amines) is 2. The number of carbonyl (C=O) groups is 15. The third kappa shape index (κ3) is 24.8. The highest BCUT2D eigenvalue weighted by Gasteiger charge is 2.42. The summed E-state index contributed by atoms with van der Waals surface area (Å²) in [5.41, 5.74) is 23.1. The Morgan fingerprint density at radius 2 is 0.967 bits per heavy atom. The van der Waals surface area contributed by atoms with Crippen molar-refractivity contribution in [2.24, 2.45) is 40.7 Å². The van der Waals surface area contributed by atoms with Crippen LogP contribution in [0.1, 0.15) is 138 Å². The van der Waals surface area contributed by atoms with E-state index in [1.165, 1.54) is 23.6 Å². The van der Waals surface area contributed by atoms with Gasteiger partial charge >= 0.3 is 11.9 Å². The number of nitrogens with two attached hydrogens (primary N) is 4. The summed E-state index contributed by atoms with van der Waals surface area (Å²) in [6.07, 6.45) is -0.956. The number of aliphatic carboxylic acids is 2. The third-order valence-electron chi connectivity index (χ3n) is 15.5. The molecule has 13 amide bonds. The number of carboxylic acid groups (broad SMARTS) is 2. The minimum atomic E-state index is -1.79. The Hall–Kier alpha value is -8.81. The molecule has 0 aliphatic carbocycles. The van der Waals surface area contributed by atoms with E-state index in [9.17, 15) is 82.1 Å². The van der Waals surface area contributed by atoms with Crippen molar-refractivity contribution in [1.29, 1.82) is 0 Å². The van der Waals surface area contributed by atoms with Gasteiger partial charge in [-0.2, -0.15) is 0 Å². The monoisotopic (exact) mass is 1300 g/mol. The zero-order valence-corrected chi connectivity index (χ0v) is 53.6. The highest BCUT2D eigenvalue weighted by molar-refractivity contribution is 6.01. The standard InChI is InChI=1S/C60H95N15O17/c1-30(2)26-38(68-52(83)39(28-44(63)76)69-53(84)40(29-45(64)77)70-54(85)42-19-14-24-74(42)58(89)33(7)62)51(82)67-37(18-12-13-23-61)59(90)75-25-15-20-43(75)55(86)72-48(32(5)6)57(88)73-47(31(3)4)56(87)65-34(8)49(80)66-36(21-22-46(78)79)50(81)71-41(60(91)92)27-35-16-10-9-11-17-35/h9-11,16-17,30-34,36-43,47-48H,12-15,18-29,61-62H2,1-8H3,(H2,63,76)(H2,64,77)(H,65,87)(H,66,80)(H,67,82)(H,68,83)(H,69,84)(H,70,85)(H,71,81)(H,72,86)(H,73,88)(H,78,79)(H,91,92)/t33-,34-,36-,37-,38-,39-,40-,41-,42-,43-,47-,48-/m0/s1. The molecule has 32 heteroatoms. The quantitative estimate of drug-likeness (QED) is 0.0282. The molecule has 3 rings (SSSR count). The van der Waals surface area contributed by atoms with Gasteiger partial charge in [-0.3, -0.25) is 67.1 Å². The molecule has 2 fully saturated rings. The van der Waals surface area contributed by atoms with Crippen LogP contribution in [0.4, 0.5) is 0 Å². The van der Waals surface area contributed by atoms with Gasteiger partial charge in [-0.25, -0.2) is 4.79 Å². The number of nitrogens with one attached hydrogen (secondary N) is 9. The lowest BCUT2D eigenvalue weighted by atomic mass is 9.99. The van der Waals surface area contributed by atoms with Crippen LogP contribution in [0.15, 0.2) is 30.3 Å². The Labute approximate surface area is 534 Å². The van der Waals surface area contributed by atoms with Crippen LogP contribution in [-0.2, 0) is 78.3 Å². The average Bonchev–Trinajstić information content (AvgIpc) is 1.61. The van der Waals surface area contributed by atoms with Crippen molar-refractivity contribution in [2.75, 3.05) is 19.6 Å². The smallest absolute Gasteiger partial charge is 0.326 e. The Morgan fingerprint density at radius 3 is 1.47 bits per heavy atom. The first-order chi connectivity index (χ1) is 43.2. The number of hydrogen-bond acceptors (Lipinski definition) is 17. The molecule has 0 spiro atoms. The van der Waals surface area contributed by atoms with Crippen LogP contribution >= 0.6 is 0 Å². The molecule has 1 aromatic rings. The lowest BCUT2D eigenvalue weighted by Crippen LogP contribution is -2.61. The molecule has 0 radical (unpaired) electrons. The van der Waals surface area contributed by atoms with Crippen molar-refractivity contribution < 1.29 is 82.1 Å². The van der Waals surface area contributed by atoms with Gasteiger partial charge in [-0.1, -0.05) is 71.9 Å². The summed E-state index contributed by atoms with van der Waals surface area (Å²) >= 11 is 0. The fraction of sp³-hybridized carbons (Fsp3) is 0.650. The molecule has 2 aliphatic heterocycles. The molecule has 0 aromatic heterocycles. The molecule has 19 N–H and O–H groups in total. The van der Waals surface area contributed by atoms with Crippen molar-refractivity contribution in [3.8, 4) is 0 Å². The predicted molar refractivity (Wildman–Crippen MR) is 330 cm³/mol. The molecule has 0 saturated carbocycles. The number of amides is 13. The highest BCUT2D eigenvalue weighted by atomic mass is 16.4. The van der Waals surface area contributed by atoms with Gasteiger partial charge in [0.1, 0.15) is 66.5 Å². The van der Waals surface area contributed by atoms with Crippen LogP contribution < -0.4 is 70.8 Å². The van der Waals surface area contributed by atoms with E-state index in [1.54, 1.807) is 71.9 Å². The summed E-state index contributed by atoms with van der Waals surface area (Å²) in [5.74, 6) is -15.8. The van der Waals surface area contributed by atoms with Crippen LogP contribution in [-0.4, -0.2) is 201 Å². The molecule has 32 nitrogen and oxygen atoms in total. The molecule has 2 saturated heterocycles. The van der Waals surface area contributed by atoms with E-state index in [4.69, 9.17) is 22.9 Å². The highest BCUT2D eigenvalue weighted by Crippen LogP contribution is 2.23. The first kappa shape index (κ1) is 77.4. The van der Waals surface area contributed by atoms with Gasteiger partial charge in [0.25, 0.3) is 0 Å². The zero-order valence-electron chi connectivity index (χ0n) is 53.6. The lowest BCUT2D eigenvalue weighted by molar-refractivity contribution is -0.143. The minimum Gasteiger partial charge on any atom is -0.481 e. The van der Waals surface area contributed by atoms with Gasteiger partial charge in [-0.05, 0) is 101 Å². The number of carboxylic acids is 2. The van der Waals surface area contributed by atoms with E-state index < -0.39 is 199 Å². The van der Waals surface area contributed by atoms with Crippen LogP contribution in [0.2, 0.25) is 0 Å². The molecule has 2 heterocycles. The fourth-order valence-corrected chi connectivity index (χ4v) is 10.5. The predicted octanol–water partition coefficient (Wildman–Crippen LogP) is -3.87. The van der Waals surface area contributed by atoms with Gasteiger partial charge in [0.05, 0.1) is 18.9 Å². The van der Waals surface area contributed by atoms with Crippen LogP contribution in [0.25, 0.3) is 0 Å². The first-order valence-electron chi connectivity index (χ1n) is 31.0. The summed E-state index contributed by atoms with van der Waals surface area (Å²) in [6, 6.07) is -8.05. The summed E-state index contributed by atoms with van der Waals surface area (Å²) < 4.78 is 0. The maximum atomic E-state index is 14.7. The SMILES string of the molecule is CC(C)C[C@H](NC(=O)[C@H](CC(N)=O)NC(=O)[C@H](CC(N)=O)NC(=O)[C@@H]1CCCN1C(=O)[C@H](C)N)C(=O)N[C@@H](CCCCN)C(=O)N1CCC[C@H]1C(=O)N[C@H](C(=O)N[C@H](C(=O)N[C@@H](C)C(=O)N[C@@H](CCC(=O)O)C(=O)N[C@@H](Cc1ccccc1)C(=O)O)C(C)C)C(C)C. The largest absolute Gasteiger partial charge is 0.481 e. The lowest BCUT2D eigenvalue weighted by Gasteiger charge is -2.32. The van der Waals surface area contributed by atoms with Gasteiger partial charge < -0.3 is 90.8 Å². The normalized spacial score (nSPS) is 17.8. The second kappa shape index (κ2) is 37.5. The first-order valence-corrected chi connectivity index (χ1v) is 31.0. The van der Waals surface area contributed by atoms with Crippen molar-refractivity contribution >= 4 is 88.7 Å². The van der Waals surface area contributed by atoms with Crippen LogP contribution in [0, 0.1) is 17.8 Å². The van der Waals surface area contributed by atoms with Gasteiger partial charge in [0.2, 0.25) is 76.8 Å². The summed E-state index contributed by atoms with van der Waals surface area (Å²) in [4.78, 5) is 203. The van der Waals surface area contributed by atoms with E-state index in [1.807, 2.05) is 0 Å². The molecule has 2 aliphatic rings. The zero-order chi connectivity index (χ0) is 69.3. The molecular weight excluding hydrogens is 1200 g/mol. The van der Waals surface area contributed by atoms with Crippen molar-refractivity contribution in [3.05, 3.63) is 35.9 Å². The molecule has 0 bridgehead atoms. The second-order valence-corrected chi connectivity index (χ2v) is 24.4. The number of carbonyl (C=O) groups excluding carboxylic acids is 13. The Bertz CT molecular complexity index is 2800. The van der Waals surface area contributed by atoms with E-state index in [0.29, 0.717) is 31.2 Å². The molecule has 92 heavy (non-hydrogen) atoms. The molecular formula is C60H95N15O17. The summed E-state index contributed by atoms with van der Waals surface area (Å²) in [5, 5.41) is 41.8. The molecule has 12 atom stereocenters. The van der Waals surface area contributed by atoms with E-state index in [0.717, 1.165) is 0 Å². The second-order valence-electron chi connectivity index (χ2n) is 24.4. The number of nitrogens with zero attached hydrogens (tertiary/aromatic N) is 2. The molecule has 512 valence electrons. The topological polar surface area (TPSA) is 515 Å². The Balaban J connectivity index is 1.79. The van der Waals surface area contributed by atoms with Crippen molar-refractivity contribution in [1.82, 2.24) is 57.7 Å². The molecule has 0 unspecified atom stereocenters. The van der Waals surface area contributed by atoms with Crippen LogP contribution in [0.5, 0.6) is 0 Å². The summed E-state index contributed by atoms with van der Waals surface area (Å²) in [7, 11) is 0. The third-order valence-corrected chi connectivity index (χ3v) is 15.5. The van der Waals surface area contributed by atoms with Gasteiger partial charge in [0, 0.05) is 25.9 Å². The Morgan fingerprint density at radius 1 is 0.511 bits per heavy atom. The maximum Gasteiger partial charge on any atom is 0.326 e. The average molecular weight is 1300 g/mol. The van der Waals surface area contributed by atoms with Crippen molar-refractivity contribution in [3.63, 3.8) is 0 Å². The fourth-order valence-electron chi connectivity index (χ4n) is 10.5. The van der Waals surface area contributed by atoms with Crippen molar-refractivity contribution in [2.45, 2.75) is 211 Å². The molecule has 1 aromatic carbocycles. The number of primary amides is 2. The van der Waals surface area contributed by atoms with Crippen LogP contribution in [0.3, 0.4) is 0 Å². The van der Waals surface area contributed by atoms with Gasteiger partial charge in [0.15, 0.2) is 0 Å². The number of rotatable bonds is 38. The van der Waals surface area contributed by atoms with E-state index in [-0.39, 0.29) is 57.7 Å². The summed E-state index contributed by atoms with van der Waals surface area (Å²) in [6.45, 7) is 13.1. The Kier molecular flexibility index (Phi) is 31.6. The van der Waals surface area contributed by atoms with E-state index >= 15 is 0 Å². The maximum absolute atomic E-state index is 14.7. The van der Waals surface area contributed by atoms with Gasteiger partial charge in [-0.15, -0.1) is 0 Å². The number of unbranched alkanes of at least 4 members (excludes halogenated alkanes) is 1. The minimum absolute atomic E-state index is 0.0132. The number of benzene rings is 1.